The first-order valence-corrected chi connectivity index (χ1v) is 10.9. The number of ether oxygens (including phenoxy) is 1. The fourth-order valence-corrected chi connectivity index (χ4v) is 3.63. The average Bonchev–Trinajstić information content (AvgIpc) is 2.71. The number of hydrogen-bond acceptors (Lipinski definition) is 5. The van der Waals surface area contributed by atoms with Crippen molar-refractivity contribution in [3.05, 3.63) is 23.9 Å². The minimum absolute atomic E-state index is 0.0678. The van der Waals surface area contributed by atoms with Crippen LogP contribution in [0.15, 0.2) is 23.3 Å². The van der Waals surface area contributed by atoms with E-state index in [0.29, 0.717) is 30.9 Å². The first-order chi connectivity index (χ1) is 14.4. The molecule has 0 aromatic carbocycles. The average molecular weight is 419 g/mol. The van der Waals surface area contributed by atoms with E-state index in [4.69, 9.17) is 4.74 Å². The van der Waals surface area contributed by atoms with Crippen LogP contribution >= 0.6 is 0 Å². The number of piperidine rings is 1. The molecule has 1 unspecified atom stereocenters. The van der Waals surface area contributed by atoms with E-state index in [-0.39, 0.29) is 12.0 Å². The summed E-state index contributed by atoms with van der Waals surface area (Å²) in [4.78, 5) is 22.4. The Hall–Kier alpha value is -2.35. The molecule has 8 nitrogen and oxygen atoms in total. The fraction of sp³-hybridized carbons (Fsp3) is 0.682. The molecule has 3 N–H and O–H groups in total. The molecule has 2 heterocycles. The van der Waals surface area contributed by atoms with Crippen molar-refractivity contribution in [3.63, 3.8) is 0 Å². The van der Waals surface area contributed by atoms with E-state index in [1.165, 1.54) is 0 Å². The zero-order chi connectivity index (χ0) is 21.9. The van der Waals surface area contributed by atoms with Crippen LogP contribution in [0.3, 0.4) is 0 Å². The topological polar surface area (TPSA) is 90.9 Å². The molecule has 0 saturated carbocycles. The van der Waals surface area contributed by atoms with Crippen LogP contribution in [0.4, 0.5) is 0 Å². The van der Waals surface area contributed by atoms with Crippen LogP contribution in [0.25, 0.3) is 0 Å². The number of guanidine groups is 1. The summed E-state index contributed by atoms with van der Waals surface area (Å²) in [6.07, 6.45) is 4.90. The molecular weight excluding hydrogens is 380 g/mol. The standard InChI is InChI=1S/C22H38N6O2/c1-16(2)12-17(3)30-21-13-18(6-9-25-21)14-26-22(24-5)27-19-7-10-28(11-8-19)15-20(29)23-4/h6,9,13,16-17,19H,7-8,10-12,14-15H2,1-5H3,(H,23,29)(H2,24,26,27). The Morgan fingerprint density at radius 3 is 2.70 bits per heavy atom. The zero-order valence-electron chi connectivity index (χ0n) is 19.1. The Balaban J connectivity index is 1.78. The summed E-state index contributed by atoms with van der Waals surface area (Å²) >= 11 is 0. The fourth-order valence-electron chi connectivity index (χ4n) is 3.63. The van der Waals surface area contributed by atoms with Gasteiger partial charge in [-0.05, 0) is 43.7 Å². The third-order valence-electron chi connectivity index (χ3n) is 5.18. The number of hydrogen-bond donors (Lipinski definition) is 3. The van der Waals surface area contributed by atoms with E-state index in [0.717, 1.165) is 43.9 Å². The molecule has 1 amide bonds. The number of aliphatic imine (C=N–C) groups is 1. The summed E-state index contributed by atoms with van der Waals surface area (Å²) in [7, 11) is 3.46. The lowest BCUT2D eigenvalue weighted by atomic mass is 10.1. The van der Waals surface area contributed by atoms with Crippen LogP contribution in [-0.4, -0.2) is 67.6 Å². The second kappa shape index (κ2) is 12.4. The van der Waals surface area contributed by atoms with Gasteiger partial charge in [0, 0.05) is 52.0 Å². The van der Waals surface area contributed by atoms with Crippen LogP contribution in [-0.2, 0) is 11.3 Å². The van der Waals surface area contributed by atoms with E-state index in [2.05, 4.69) is 51.6 Å². The minimum Gasteiger partial charge on any atom is -0.475 e. The molecule has 168 valence electrons. The van der Waals surface area contributed by atoms with Crippen molar-refractivity contribution >= 4 is 11.9 Å². The number of pyridine rings is 1. The Kier molecular flexibility index (Phi) is 9.86. The van der Waals surface area contributed by atoms with Gasteiger partial charge in [-0.1, -0.05) is 13.8 Å². The number of amides is 1. The van der Waals surface area contributed by atoms with Gasteiger partial charge < -0.3 is 20.7 Å². The van der Waals surface area contributed by atoms with Gasteiger partial charge in [0.1, 0.15) is 0 Å². The monoisotopic (exact) mass is 418 g/mol. The molecule has 1 aliphatic rings. The molecule has 1 aliphatic heterocycles. The number of likely N-dealkylation sites (tertiary alicyclic amines) is 1. The van der Waals surface area contributed by atoms with Gasteiger partial charge in [-0.15, -0.1) is 0 Å². The maximum absolute atomic E-state index is 11.5. The first kappa shape index (κ1) is 23.9. The molecule has 30 heavy (non-hydrogen) atoms. The second-order valence-electron chi connectivity index (χ2n) is 8.35. The maximum Gasteiger partial charge on any atom is 0.233 e. The second-order valence-corrected chi connectivity index (χ2v) is 8.35. The van der Waals surface area contributed by atoms with Crippen LogP contribution in [0.5, 0.6) is 5.88 Å². The molecule has 2 rings (SSSR count). The number of rotatable bonds is 9. The predicted octanol–water partition coefficient (Wildman–Crippen LogP) is 1.77. The first-order valence-electron chi connectivity index (χ1n) is 10.9. The normalized spacial score (nSPS) is 16.9. The largest absolute Gasteiger partial charge is 0.475 e. The number of carbonyl (C=O) groups excluding carboxylic acids is 1. The van der Waals surface area contributed by atoms with Crippen molar-refractivity contribution in [1.29, 1.82) is 0 Å². The lowest BCUT2D eigenvalue weighted by Gasteiger charge is -2.32. The van der Waals surface area contributed by atoms with Crippen LogP contribution in [0, 0.1) is 5.92 Å². The highest BCUT2D eigenvalue weighted by atomic mass is 16.5. The number of nitrogens with zero attached hydrogens (tertiary/aromatic N) is 3. The van der Waals surface area contributed by atoms with Gasteiger partial charge >= 0.3 is 0 Å². The molecule has 8 heteroatoms. The van der Waals surface area contributed by atoms with Crippen molar-refractivity contribution in [2.75, 3.05) is 33.7 Å². The SMILES string of the molecule is CN=C(NCc1ccnc(OC(C)CC(C)C)c1)NC1CCN(CC(=O)NC)CC1. The highest BCUT2D eigenvalue weighted by Gasteiger charge is 2.21. The van der Waals surface area contributed by atoms with Gasteiger partial charge in [-0.2, -0.15) is 0 Å². The van der Waals surface area contributed by atoms with Crippen molar-refractivity contribution in [2.24, 2.45) is 10.9 Å². The van der Waals surface area contributed by atoms with Crippen molar-refractivity contribution in [2.45, 2.75) is 58.7 Å². The summed E-state index contributed by atoms with van der Waals surface area (Å²) in [6, 6.07) is 4.32. The van der Waals surface area contributed by atoms with Crippen LogP contribution in [0.2, 0.25) is 0 Å². The van der Waals surface area contributed by atoms with E-state index in [9.17, 15) is 4.79 Å². The van der Waals surface area contributed by atoms with Gasteiger partial charge in [-0.3, -0.25) is 14.7 Å². The molecule has 0 aliphatic carbocycles. The predicted molar refractivity (Wildman–Crippen MR) is 121 cm³/mol. The Bertz CT molecular complexity index is 686. The van der Waals surface area contributed by atoms with Gasteiger partial charge in [0.25, 0.3) is 0 Å². The zero-order valence-corrected chi connectivity index (χ0v) is 19.1. The molecule has 0 spiro atoms. The number of nitrogens with one attached hydrogen (secondary N) is 3. The number of likely N-dealkylation sites (N-methyl/N-ethyl adjacent to an activating group) is 1. The van der Waals surface area contributed by atoms with E-state index in [1.54, 1.807) is 20.3 Å². The van der Waals surface area contributed by atoms with E-state index >= 15 is 0 Å². The van der Waals surface area contributed by atoms with E-state index < -0.39 is 0 Å². The highest BCUT2D eigenvalue weighted by molar-refractivity contribution is 5.80. The molecule has 0 bridgehead atoms. The molecule has 0 radical (unpaired) electrons. The smallest absolute Gasteiger partial charge is 0.233 e. The Morgan fingerprint density at radius 1 is 1.33 bits per heavy atom. The van der Waals surface area contributed by atoms with Gasteiger partial charge in [-0.25, -0.2) is 4.98 Å². The molecule has 1 saturated heterocycles. The Morgan fingerprint density at radius 2 is 2.07 bits per heavy atom. The lowest BCUT2D eigenvalue weighted by molar-refractivity contribution is -0.122. The number of carbonyl (C=O) groups is 1. The van der Waals surface area contributed by atoms with Gasteiger partial charge in [0.05, 0.1) is 12.6 Å². The van der Waals surface area contributed by atoms with Crippen molar-refractivity contribution in [3.8, 4) is 5.88 Å². The lowest BCUT2D eigenvalue weighted by Crippen LogP contribution is -2.49. The molecular formula is C22H38N6O2. The molecule has 1 atom stereocenters. The molecule has 1 aromatic rings. The summed E-state index contributed by atoms with van der Waals surface area (Å²) in [6.45, 7) is 9.39. The van der Waals surface area contributed by atoms with Gasteiger partial charge in [0.2, 0.25) is 11.8 Å². The van der Waals surface area contributed by atoms with Crippen molar-refractivity contribution < 1.29 is 9.53 Å². The van der Waals surface area contributed by atoms with E-state index in [1.807, 2.05) is 12.1 Å². The summed E-state index contributed by atoms with van der Waals surface area (Å²) in [5.41, 5.74) is 1.10. The molecule has 1 aromatic heterocycles. The summed E-state index contributed by atoms with van der Waals surface area (Å²) < 4.78 is 5.95. The highest BCUT2D eigenvalue weighted by Crippen LogP contribution is 2.15. The van der Waals surface area contributed by atoms with Crippen LogP contribution < -0.4 is 20.7 Å². The quantitative estimate of drug-likeness (QED) is 0.418. The third-order valence-corrected chi connectivity index (χ3v) is 5.18. The number of aromatic nitrogens is 1. The third kappa shape index (κ3) is 8.57. The molecule has 1 fully saturated rings. The minimum atomic E-state index is 0.0678. The van der Waals surface area contributed by atoms with Crippen molar-refractivity contribution in [1.82, 2.24) is 25.8 Å². The van der Waals surface area contributed by atoms with Crippen LogP contribution in [0.1, 0.15) is 45.6 Å². The van der Waals surface area contributed by atoms with Gasteiger partial charge in [0.15, 0.2) is 5.96 Å². The Labute approximate surface area is 180 Å². The maximum atomic E-state index is 11.5. The summed E-state index contributed by atoms with van der Waals surface area (Å²) in [5.74, 6) is 2.11. The summed E-state index contributed by atoms with van der Waals surface area (Å²) in [5, 5.41) is 9.55.